The predicted molar refractivity (Wildman–Crippen MR) is 92.8 cm³/mol. The molecule has 6 nitrogen and oxygen atoms in total. The van der Waals surface area contributed by atoms with Crippen molar-refractivity contribution in [3.8, 4) is 11.1 Å². The molecule has 1 aromatic heterocycles. The summed E-state index contributed by atoms with van der Waals surface area (Å²) < 4.78 is 0. The molecule has 0 radical (unpaired) electrons. The van der Waals surface area contributed by atoms with E-state index in [9.17, 15) is 4.79 Å². The molecule has 1 amide bonds. The van der Waals surface area contributed by atoms with Gasteiger partial charge in [0.2, 0.25) is 0 Å². The molecule has 0 bridgehead atoms. The van der Waals surface area contributed by atoms with Gasteiger partial charge in [0.05, 0.1) is 6.20 Å². The number of benzene rings is 1. The van der Waals surface area contributed by atoms with E-state index in [4.69, 9.17) is 0 Å². The lowest BCUT2D eigenvalue weighted by molar-refractivity contribution is 0.0936. The first-order chi connectivity index (χ1) is 11.7. The fourth-order valence-corrected chi connectivity index (χ4v) is 3.82. The molecule has 2 saturated heterocycles. The van der Waals surface area contributed by atoms with E-state index in [2.05, 4.69) is 32.4 Å². The van der Waals surface area contributed by atoms with Crippen molar-refractivity contribution < 1.29 is 4.79 Å². The summed E-state index contributed by atoms with van der Waals surface area (Å²) in [5, 5.41) is 9.99. The van der Waals surface area contributed by atoms with Crippen LogP contribution in [-0.4, -0.2) is 71.2 Å². The smallest absolute Gasteiger partial charge is 0.251 e. The number of hydrogen-bond acceptors (Lipinski definition) is 4. The SMILES string of the molecule is CN1CCN2C[C@@H](NC(=O)c3cccc(-c4cn[nH]c4)c3)C[C@H]2C1. The highest BCUT2D eigenvalue weighted by Crippen LogP contribution is 2.23. The second-order valence-electron chi connectivity index (χ2n) is 6.88. The molecule has 1 aromatic carbocycles. The number of carbonyl (C=O) groups is 1. The van der Waals surface area contributed by atoms with Crippen LogP contribution in [0.2, 0.25) is 0 Å². The van der Waals surface area contributed by atoms with Crippen LogP contribution in [0.4, 0.5) is 0 Å². The van der Waals surface area contributed by atoms with Gasteiger partial charge in [-0.2, -0.15) is 5.10 Å². The Bertz CT molecular complexity index is 714. The minimum atomic E-state index is 0.0125. The minimum Gasteiger partial charge on any atom is -0.348 e. The van der Waals surface area contributed by atoms with Crippen molar-refractivity contribution in [1.82, 2.24) is 25.3 Å². The van der Waals surface area contributed by atoms with Gasteiger partial charge in [-0.15, -0.1) is 0 Å². The largest absolute Gasteiger partial charge is 0.348 e. The molecule has 126 valence electrons. The number of piperazine rings is 1. The molecule has 0 saturated carbocycles. The zero-order valence-corrected chi connectivity index (χ0v) is 13.9. The third-order valence-electron chi connectivity index (χ3n) is 5.11. The zero-order chi connectivity index (χ0) is 16.5. The van der Waals surface area contributed by atoms with Crippen LogP contribution in [0.5, 0.6) is 0 Å². The Morgan fingerprint density at radius 1 is 1.29 bits per heavy atom. The number of hydrogen-bond donors (Lipinski definition) is 2. The number of nitrogens with one attached hydrogen (secondary N) is 2. The highest BCUT2D eigenvalue weighted by atomic mass is 16.1. The molecule has 2 aromatic rings. The van der Waals surface area contributed by atoms with Crippen LogP contribution in [0.15, 0.2) is 36.7 Å². The van der Waals surface area contributed by atoms with E-state index in [-0.39, 0.29) is 11.9 Å². The van der Waals surface area contributed by atoms with Gasteiger partial charge in [0.25, 0.3) is 5.91 Å². The van der Waals surface area contributed by atoms with Gasteiger partial charge in [-0.25, -0.2) is 0 Å². The molecule has 4 rings (SSSR count). The van der Waals surface area contributed by atoms with Gasteiger partial charge in [-0.3, -0.25) is 14.8 Å². The zero-order valence-electron chi connectivity index (χ0n) is 13.9. The molecule has 2 N–H and O–H groups in total. The van der Waals surface area contributed by atoms with E-state index in [1.165, 1.54) is 0 Å². The molecule has 0 aliphatic carbocycles. The summed E-state index contributed by atoms with van der Waals surface area (Å²) in [6.07, 6.45) is 4.64. The van der Waals surface area contributed by atoms with E-state index in [0.717, 1.165) is 43.7 Å². The normalized spacial score (nSPS) is 24.7. The van der Waals surface area contributed by atoms with Crippen LogP contribution < -0.4 is 5.32 Å². The van der Waals surface area contributed by atoms with Crippen molar-refractivity contribution in [1.29, 1.82) is 0 Å². The van der Waals surface area contributed by atoms with E-state index in [1.807, 2.05) is 30.5 Å². The fraction of sp³-hybridized carbons (Fsp3) is 0.444. The minimum absolute atomic E-state index is 0.0125. The number of rotatable bonds is 3. The Morgan fingerprint density at radius 3 is 3.04 bits per heavy atom. The van der Waals surface area contributed by atoms with Crippen molar-refractivity contribution in [2.45, 2.75) is 18.5 Å². The number of likely N-dealkylation sites (N-methyl/N-ethyl adjacent to an activating group) is 1. The van der Waals surface area contributed by atoms with E-state index in [1.54, 1.807) is 6.20 Å². The molecule has 2 aliphatic rings. The van der Waals surface area contributed by atoms with Crippen LogP contribution in [0.25, 0.3) is 11.1 Å². The van der Waals surface area contributed by atoms with Gasteiger partial charge in [0, 0.05) is 55.6 Å². The summed E-state index contributed by atoms with van der Waals surface area (Å²) in [7, 11) is 2.17. The van der Waals surface area contributed by atoms with Gasteiger partial charge >= 0.3 is 0 Å². The molecular formula is C18H23N5O. The Balaban J connectivity index is 1.43. The van der Waals surface area contributed by atoms with Crippen LogP contribution in [0, 0.1) is 0 Å². The summed E-state index contributed by atoms with van der Waals surface area (Å²) in [6.45, 7) is 4.28. The standard InChI is InChI=1S/C18H23N5O/c1-22-5-6-23-11-16(8-17(23)12-22)21-18(24)14-4-2-3-13(7-14)15-9-19-20-10-15/h2-4,7,9-10,16-17H,5-6,8,11-12H2,1H3,(H,19,20)(H,21,24)/t16-,17-/m0/s1. The van der Waals surface area contributed by atoms with E-state index < -0.39 is 0 Å². The lowest BCUT2D eigenvalue weighted by atomic mass is 10.1. The second kappa shape index (κ2) is 6.37. The van der Waals surface area contributed by atoms with Gasteiger partial charge in [-0.1, -0.05) is 12.1 Å². The van der Waals surface area contributed by atoms with Gasteiger partial charge in [-0.05, 0) is 31.2 Å². The number of aromatic nitrogens is 2. The molecule has 3 heterocycles. The molecule has 2 aliphatic heterocycles. The summed E-state index contributed by atoms with van der Waals surface area (Å²) >= 11 is 0. The Kier molecular flexibility index (Phi) is 4.08. The average molecular weight is 325 g/mol. The highest BCUT2D eigenvalue weighted by Gasteiger charge is 2.35. The van der Waals surface area contributed by atoms with Crippen LogP contribution in [0.1, 0.15) is 16.8 Å². The molecule has 2 fully saturated rings. The number of carbonyl (C=O) groups excluding carboxylic acids is 1. The van der Waals surface area contributed by atoms with Crippen molar-refractivity contribution >= 4 is 5.91 Å². The van der Waals surface area contributed by atoms with E-state index in [0.29, 0.717) is 11.6 Å². The molecule has 0 spiro atoms. The molecule has 2 atom stereocenters. The third-order valence-corrected chi connectivity index (χ3v) is 5.11. The first-order valence-electron chi connectivity index (χ1n) is 8.52. The topological polar surface area (TPSA) is 64.3 Å². The number of aromatic amines is 1. The second-order valence-corrected chi connectivity index (χ2v) is 6.88. The molecule has 24 heavy (non-hydrogen) atoms. The fourth-order valence-electron chi connectivity index (χ4n) is 3.82. The average Bonchev–Trinajstić information content (AvgIpc) is 3.23. The van der Waals surface area contributed by atoms with Gasteiger partial charge in [0.15, 0.2) is 0 Å². The maximum atomic E-state index is 12.6. The van der Waals surface area contributed by atoms with Gasteiger partial charge in [0.1, 0.15) is 0 Å². The lowest BCUT2D eigenvalue weighted by Gasteiger charge is -2.34. The molecule has 6 heteroatoms. The maximum Gasteiger partial charge on any atom is 0.251 e. The maximum absolute atomic E-state index is 12.6. The highest BCUT2D eigenvalue weighted by molar-refractivity contribution is 5.95. The predicted octanol–water partition coefficient (Wildman–Crippen LogP) is 1.19. The Morgan fingerprint density at radius 2 is 2.21 bits per heavy atom. The first kappa shape index (κ1) is 15.4. The lowest BCUT2D eigenvalue weighted by Crippen LogP contribution is -2.48. The number of fused-ring (bicyclic) bond motifs is 1. The summed E-state index contributed by atoms with van der Waals surface area (Å²) in [4.78, 5) is 17.5. The van der Waals surface area contributed by atoms with E-state index >= 15 is 0 Å². The van der Waals surface area contributed by atoms with Crippen LogP contribution in [0.3, 0.4) is 0 Å². The quantitative estimate of drug-likeness (QED) is 0.890. The van der Waals surface area contributed by atoms with Crippen LogP contribution >= 0.6 is 0 Å². The number of H-pyrrole nitrogens is 1. The van der Waals surface area contributed by atoms with Crippen molar-refractivity contribution in [2.24, 2.45) is 0 Å². The van der Waals surface area contributed by atoms with Crippen molar-refractivity contribution in [2.75, 3.05) is 33.2 Å². The Labute approximate surface area is 141 Å². The summed E-state index contributed by atoms with van der Waals surface area (Å²) in [5.41, 5.74) is 2.70. The Hall–Kier alpha value is -2.18. The van der Waals surface area contributed by atoms with Crippen LogP contribution in [-0.2, 0) is 0 Å². The van der Waals surface area contributed by atoms with Crippen molar-refractivity contribution in [3.63, 3.8) is 0 Å². The number of nitrogens with zero attached hydrogens (tertiary/aromatic N) is 3. The molecular weight excluding hydrogens is 302 g/mol. The summed E-state index contributed by atoms with van der Waals surface area (Å²) in [6, 6.07) is 8.53. The monoisotopic (exact) mass is 325 g/mol. The van der Waals surface area contributed by atoms with Gasteiger partial charge < -0.3 is 10.2 Å². The number of amides is 1. The molecule has 0 unspecified atom stereocenters. The third kappa shape index (κ3) is 3.07. The van der Waals surface area contributed by atoms with Crippen molar-refractivity contribution in [3.05, 3.63) is 42.2 Å². The summed E-state index contributed by atoms with van der Waals surface area (Å²) in [5.74, 6) is 0.0125. The first-order valence-corrected chi connectivity index (χ1v) is 8.52.